The fourth-order valence-electron chi connectivity index (χ4n) is 2.06. The van der Waals surface area contributed by atoms with Crippen LogP contribution in [0.1, 0.15) is 36.3 Å². The molecule has 0 spiro atoms. The number of carbonyl (C=O) groups excluding carboxylic acids is 1. The van der Waals surface area contributed by atoms with Crippen molar-refractivity contribution in [1.82, 2.24) is 4.98 Å². The van der Waals surface area contributed by atoms with Crippen LogP contribution < -0.4 is 10.6 Å². The standard InChI is InChI=1S/C17H18F3N3O/c1-3-11(2)22-12-8-9-21-15(10-12)16(24)23-14-7-5-4-6-13(14)17(18,19)20/h4-11H,3H2,1-2H3,(H,21,22)(H,23,24). The molecular formula is C17H18F3N3O. The number of hydrogen-bond donors (Lipinski definition) is 2. The van der Waals surface area contributed by atoms with Crippen molar-refractivity contribution in [2.24, 2.45) is 0 Å². The Morgan fingerprint density at radius 3 is 2.62 bits per heavy atom. The third kappa shape index (κ3) is 4.47. The molecule has 0 saturated carbocycles. The van der Waals surface area contributed by atoms with E-state index in [1.54, 1.807) is 6.07 Å². The van der Waals surface area contributed by atoms with E-state index in [2.05, 4.69) is 15.6 Å². The summed E-state index contributed by atoms with van der Waals surface area (Å²) in [6, 6.07) is 8.25. The molecule has 1 aromatic carbocycles. The van der Waals surface area contributed by atoms with Crippen LogP contribution in [0.4, 0.5) is 24.5 Å². The van der Waals surface area contributed by atoms with E-state index in [1.165, 1.54) is 30.5 Å². The number of halogens is 3. The lowest BCUT2D eigenvalue weighted by atomic mass is 10.1. The molecule has 2 aromatic rings. The van der Waals surface area contributed by atoms with Crippen LogP contribution in [0, 0.1) is 0 Å². The average molecular weight is 337 g/mol. The summed E-state index contributed by atoms with van der Waals surface area (Å²) in [5.74, 6) is -0.695. The number of pyridine rings is 1. The molecule has 0 radical (unpaired) electrons. The van der Waals surface area contributed by atoms with Crippen LogP contribution in [0.3, 0.4) is 0 Å². The van der Waals surface area contributed by atoms with Gasteiger partial charge in [-0.05, 0) is 37.6 Å². The van der Waals surface area contributed by atoms with Crippen LogP contribution in [0.5, 0.6) is 0 Å². The molecule has 4 nitrogen and oxygen atoms in total. The summed E-state index contributed by atoms with van der Waals surface area (Å²) in [5.41, 5.74) is -0.460. The van der Waals surface area contributed by atoms with Crippen molar-refractivity contribution >= 4 is 17.3 Å². The number of hydrogen-bond acceptors (Lipinski definition) is 3. The van der Waals surface area contributed by atoms with Gasteiger partial charge in [0.2, 0.25) is 0 Å². The van der Waals surface area contributed by atoms with Crippen LogP contribution in [0.15, 0.2) is 42.6 Å². The summed E-state index contributed by atoms with van der Waals surface area (Å²) in [6.07, 6.45) is -2.21. The number of rotatable bonds is 5. The maximum atomic E-state index is 13.0. The molecule has 1 aromatic heterocycles. The second kappa shape index (κ2) is 7.33. The molecule has 0 bridgehead atoms. The van der Waals surface area contributed by atoms with Crippen molar-refractivity contribution in [3.05, 3.63) is 53.9 Å². The van der Waals surface area contributed by atoms with Crippen LogP contribution in [0.25, 0.3) is 0 Å². The van der Waals surface area contributed by atoms with Crippen LogP contribution >= 0.6 is 0 Å². The summed E-state index contributed by atoms with van der Waals surface area (Å²) in [6.45, 7) is 4.00. The molecule has 2 rings (SSSR count). The van der Waals surface area contributed by atoms with Crippen LogP contribution in [-0.4, -0.2) is 16.9 Å². The summed E-state index contributed by atoms with van der Waals surface area (Å²) in [5, 5.41) is 5.46. The third-order valence-electron chi connectivity index (χ3n) is 3.50. The number of alkyl halides is 3. The smallest absolute Gasteiger partial charge is 0.382 e. The Kier molecular flexibility index (Phi) is 5.43. The zero-order chi connectivity index (χ0) is 17.7. The van der Waals surface area contributed by atoms with Gasteiger partial charge in [0.1, 0.15) is 5.69 Å². The molecule has 1 unspecified atom stereocenters. The van der Waals surface area contributed by atoms with E-state index < -0.39 is 17.6 Å². The highest BCUT2D eigenvalue weighted by molar-refractivity contribution is 6.03. The minimum Gasteiger partial charge on any atom is -0.382 e. The van der Waals surface area contributed by atoms with Gasteiger partial charge in [-0.3, -0.25) is 9.78 Å². The Morgan fingerprint density at radius 2 is 1.96 bits per heavy atom. The summed E-state index contributed by atoms with van der Waals surface area (Å²) in [4.78, 5) is 16.2. The van der Waals surface area contributed by atoms with E-state index in [-0.39, 0.29) is 17.4 Å². The number of nitrogens with zero attached hydrogens (tertiary/aromatic N) is 1. The Bertz CT molecular complexity index is 716. The first-order valence-corrected chi connectivity index (χ1v) is 7.51. The number of anilines is 2. The lowest BCUT2D eigenvalue weighted by molar-refractivity contribution is -0.136. The lowest BCUT2D eigenvalue weighted by Gasteiger charge is -2.15. The summed E-state index contributed by atoms with van der Waals surface area (Å²) in [7, 11) is 0. The number of amides is 1. The molecule has 0 aliphatic heterocycles. The van der Waals surface area contributed by atoms with Gasteiger partial charge in [-0.2, -0.15) is 13.2 Å². The van der Waals surface area contributed by atoms with E-state index in [0.717, 1.165) is 12.5 Å². The van der Waals surface area contributed by atoms with Crippen molar-refractivity contribution in [1.29, 1.82) is 0 Å². The van der Waals surface area contributed by atoms with Crippen molar-refractivity contribution in [3.63, 3.8) is 0 Å². The lowest BCUT2D eigenvalue weighted by Crippen LogP contribution is -2.18. The maximum absolute atomic E-state index is 13.0. The Balaban J connectivity index is 2.21. The van der Waals surface area contributed by atoms with Crippen molar-refractivity contribution < 1.29 is 18.0 Å². The minimum absolute atomic E-state index is 0.0419. The maximum Gasteiger partial charge on any atom is 0.418 e. The number of carbonyl (C=O) groups is 1. The fraction of sp³-hybridized carbons (Fsp3) is 0.294. The quantitative estimate of drug-likeness (QED) is 0.841. The second-order valence-corrected chi connectivity index (χ2v) is 5.38. The summed E-state index contributed by atoms with van der Waals surface area (Å²) < 4.78 is 38.9. The highest BCUT2D eigenvalue weighted by Gasteiger charge is 2.33. The van der Waals surface area contributed by atoms with Gasteiger partial charge in [-0.15, -0.1) is 0 Å². The molecule has 128 valence electrons. The van der Waals surface area contributed by atoms with E-state index in [4.69, 9.17) is 0 Å². The zero-order valence-electron chi connectivity index (χ0n) is 13.3. The van der Waals surface area contributed by atoms with Gasteiger partial charge in [0.15, 0.2) is 0 Å². The van der Waals surface area contributed by atoms with Crippen molar-refractivity contribution in [2.75, 3.05) is 10.6 Å². The topological polar surface area (TPSA) is 54.0 Å². The minimum atomic E-state index is -4.54. The molecule has 0 saturated heterocycles. The number of para-hydroxylation sites is 1. The predicted octanol–water partition coefficient (Wildman–Crippen LogP) is 4.56. The SMILES string of the molecule is CCC(C)Nc1ccnc(C(=O)Nc2ccccc2C(F)(F)F)c1. The molecule has 24 heavy (non-hydrogen) atoms. The monoisotopic (exact) mass is 337 g/mol. The van der Waals surface area contributed by atoms with Gasteiger partial charge in [0.05, 0.1) is 11.3 Å². The molecule has 0 aliphatic rings. The van der Waals surface area contributed by atoms with E-state index >= 15 is 0 Å². The Hall–Kier alpha value is -2.57. The highest BCUT2D eigenvalue weighted by atomic mass is 19.4. The Morgan fingerprint density at radius 1 is 1.25 bits per heavy atom. The average Bonchev–Trinajstić information content (AvgIpc) is 2.54. The van der Waals surface area contributed by atoms with Gasteiger partial charge in [-0.1, -0.05) is 19.1 Å². The molecule has 2 N–H and O–H groups in total. The fourth-order valence-corrected chi connectivity index (χ4v) is 2.06. The van der Waals surface area contributed by atoms with Crippen molar-refractivity contribution in [3.8, 4) is 0 Å². The van der Waals surface area contributed by atoms with E-state index in [9.17, 15) is 18.0 Å². The first-order chi connectivity index (χ1) is 11.3. The van der Waals surface area contributed by atoms with Gasteiger partial charge in [0, 0.05) is 17.9 Å². The first-order valence-electron chi connectivity index (χ1n) is 7.51. The Labute approximate surface area is 138 Å². The van der Waals surface area contributed by atoms with Crippen LogP contribution in [0.2, 0.25) is 0 Å². The highest BCUT2D eigenvalue weighted by Crippen LogP contribution is 2.34. The molecule has 0 fully saturated rings. The summed E-state index contributed by atoms with van der Waals surface area (Å²) >= 11 is 0. The largest absolute Gasteiger partial charge is 0.418 e. The van der Waals surface area contributed by atoms with Gasteiger partial charge < -0.3 is 10.6 Å². The molecular weight excluding hydrogens is 319 g/mol. The zero-order valence-corrected chi connectivity index (χ0v) is 13.3. The first kappa shape index (κ1) is 17.8. The molecule has 1 amide bonds. The van der Waals surface area contributed by atoms with Crippen LogP contribution in [-0.2, 0) is 6.18 Å². The number of nitrogens with one attached hydrogen (secondary N) is 2. The normalized spacial score (nSPS) is 12.5. The third-order valence-corrected chi connectivity index (χ3v) is 3.50. The molecule has 7 heteroatoms. The molecule has 1 heterocycles. The van der Waals surface area contributed by atoms with Gasteiger partial charge in [-0.25, -0.2) is 0 Å². The van der Waals surface area contributed by atoms with Gasteiger partial charge in [0.25, 0.3) is 5.91 Å². The number of benzene rings is 1. The van der Waals surface area contributed by atoms with E-state index in [0.29, 0.717) is 5.69 Å². The van der Waals surface area contributed by atoms with E-state index in [1.807, 2.05) is 13.8 Å². The molecule has 0 aliphatic carbocycles. The predicted molar refractivity (Wildman–Crippen MR) is 87.0 cm³/mol. The molecule has 1 atom stereocenters. The van der Waals surface area contributed by atoms with Gasteiger partial charge >= 0.3 is 6.18 Å². The van der Waals surface area contributed by atoms with Crippen molar-refractivity contribution in [2.45, 2.75) is 32.5 Å². The second-order valence-electron chi connectivity index (χ2n) is 5.38. The number of aromatic nitrogens is 1.